The third-order valence-corrected chi connectivity index (χ3v) is 1.71. The molecule has 0 amide bonds. The number of methoxy groups -OCH3 is 1. The molecule has 5 heteroatoms. The monoisotopic (exact) mass is 211 g/mol. The summed E-state index contributed by atoms with van der Waals surface area (Å²) in [6.07, 6.45) is 2.54. The summed E-state index contributed by atoms with van der Waals surface area (Å²) in [4.78, 5) is 8.22. The van der Waals surface area contributed by atoms with Crippen LogP contribution in [0.2, 0.25) is 0 Å². The number of nitrogens with one attached hydrogen (secondary N) is 1. The molecule has 1 N–H and O–H groups in total. The van der Waals surface area contributed by atoms with Gasteiger partial charge in [0, 0.05) is 38.9 Å². The molecule has 0 unspecified atom stereocenters. The first-order chi connectivity index (χ1) is 7.36. The third kappa shape index (κ3) is 4.60. The van der Waals surface area contributed by atoms with Gasteiger partial charge in [0.2, 0.25) is 11.8 Å². The van der Waals surface area contributed by atoms with Crippen LogP contribution in [0.25, 0.3) is 0 Å². The maximum atomic E-state index is 5.42. The Kier molecular flexibility index (Phi) is 5.47. The Balaban J connectivity index is 2.36. The molecule has 0 radical (unpaired) electrons. The summed E-state index contributed by atoms with van der Waals surface area (Å²) in [6.45, 7) is 4.10. The number of rotatable bonds is 7. The van der Waals surface area contributed by atoms with Crippen LogP contribution in [-0.2, 0) is 4.74 Å². The minimum absolute atomic E-state index is 0.594. The standard InChI is InChI=1S/C10H17N3O2/c1-3-11-10-12-6-5-9(13-10)15-8-4-7-14-2/h5-6H,3-4,7-8H2,1-2H3,(H,11,12,13). The SMILES string of the molecule is CCNc1nccc(OCCCOC)n1. The number of hydrogen-bond acceptors (Lipinski definition) is 5. The zero-order chi connectivity index (χ0) is 10.9. The van der Waals surface area contributed by atoms with E-state index in [2.05, 4.69) is 15.3 Å². The van der Waals surface area contributed by atoms with Gasteiger partial charge in [0.05, 0.1) is 6.61 Å². The van der Waals surface area contributed by atoms with Crippen molar-refractivity contribution in [3.63, 3.8) is 0 Å². The molecular weight excluding hydrogens is 194 g/mol. The van der Waals surface area contributed by atoms with E-state index in [1.165, 1.54) is 0 Å². The van der Waals surface area contributed by atoms with Gasteiger partial charge in [-0.2, -0.15) is 4.98 Å². The number of nitrogens with zero attached hydrogens (tertiary/aromatic N) is 2. The molecule has 0 aliphatic heterocycles. The molecule has 0 aliphatic carbocycles. The Bertz CT molecular complexity index is 281. The molecule has 1 aromatic rings. The van der Waals surface area contributed by atoms with Crippen molar-refractivity contribution < 1.29 is 9.47 Å². The summed E-state index contributed by atoms with van der Waals surface area (Å²) in [5.74, 6) is 1.19. The van der Waals surface area contributed by atoms with Crippen molar-refractivity contribution in [3.05, 3.63) is 12.3 Å². The predicted octanol–water partition coefficient (Wildman–Crippen LogP) is 1.32. The maximum absolute atomic E-state index is 5.42. The van der Waals surface area contributed by atoms with Crippen LogP contribution in [0.15, 0.2) is 12.3 Å². The fourth-order valence-electron chi connectivity index (χ4n) is 1.05. The van der Waals surface area contributed by atoms with Crippen molar-refractivity contribution in [2.75, 3.05) is 32.2 Å². The second-order valence-corrected chi connectivity index (χ2v) is 2.94. The van der Waals surface area contributed by atoms with E-state index < -0.39 is 0 Å². The topological polar surface area (TPSA) is 56.3 Å². The van der Waals surface area contributed by atoms with E-state index in [-0.39, 0.29) is 0 Å². The van der Waals surface area contributed by atoms with Gasteiger partial charge in [-0.1, -0.05) is 0 Å². The van der Waals surface area contributed by atoms with Gasteiger partial charge >= 0.3 is 0 Å². The minimum atomic E-state index is 0.594. The average Bonchev–Trinajstić information content (AvgIpc) is 2.26. The third-order valence-electron chi connectivity index (χ3n) is 1.71. The van der Waals surface area contributed by atoms with Crippen molar-refractivity contribution in [2.24, 2.45) is 0 Å². The summed E-state index contributed by atoms with van der Waals surface area (Å²) >= 11 is 0. The van der Waals surface area contributed by atoms with Gasteiger partial charge in [0.15, 0.2) is 0 Å². The van der Waals surface area contributed by atoms with E-state index >= 15 is 0 Å². The van der Waals surface area contributed by atoms with E-state index in [1.807, 2.05) is 6.92 Å². The van der Waals surface area contributed by atoms with Crippen molar-refractivity contribution in [1.82, 2.24) is 9.97 Å². The summed E-state index contributed by atoms with van der Waals surface area (Å²) in [5.41, 5.74) is 0. The van der Waals surface area contributed by atoms with Gasteiger partial charge in [-0.15, -0.1) is 0 Å². The minimum Gasteiger partial charge on any atom is -0.477 e. The van der Waals surface area contributed by atoms with Gasteiger partial charge in [-0.3, -0.25) is 0 Å². The smallest absolute Gasteiger partial charge is 0.225 e. The highest BCUT2D eigenvalue weighted by Crippen LogP contribution is 2.08. The Labute approximate surface area is 89.8 Å². The fourth-order valence-corrected chi connectivity index (χ4v) is 1.05. The first-order valence-electron chi connectivity index (χ1n) is 5.05. The highest BCUT2D eigenvalue weighted by atomic mass is 16.5. The van der Waals surface area contributed by atoms with Crippen LogP contribution in [0.5, 0.6) is 5.88 Å². The number of aromatic nitrogens is 2. The van der Waals surface area contributed by atoms with Gasteiger partial charge < -0.3 is 14.8 Å². The first kappa shape index (κ1) is 11.7. The second kappa shape index (κ2) is 7.00. The lowest BCUT2D eigenvalue weighted by atomic mass is 10.5. The normalized spacial score (nSPS) is 10.0. The lowest BCUT2D eigenvalue weighted by molar-refractivity contribution is 0.170. The maximum Gasteiger partial charge on any atom is 0.225 e. The van der Waals surface area contributed by atoms with E-state index in [0.29, 0.717) is 25.0 Å². The molecule has 5 nitrogen and oxygen atoms in total. The zero-order valence-electron chi connectivity index (χ0n) is 9.19. The van der Waals surface area contributed by atoms with Crippen LogP contribution < -0.4 is 10.1 Å². The van der Waals surface area contributed by atoms with Crippen molar-refractivity contribution in [2.45, 2.75) is 13.3 Å². The molecule has 0 aliphatic rings. The highest BCUT2D eigenvalue weighted by Gasteiger charge is 1.98. The van der Waals surface area contributed by atoms with Gasteiger partial charge in [0.25, 0.3) is 0 Å². The van der Waals surface area contributed by atoms with Crippen molar-refractivity contribution >= 4 is 5.95 Å². The second-order valence-electron chi connectivity index (χ2n) is 2.94. The van der Waals surface area contributed by atoms with Crippen LogP contribution in [0.3, 0.4) is 0 Å². The summed E-state index contributed by atoms with van der Waals surface area (Å²) in [5, 5.41) is 3.02. The molecular formula is C10H17N3O2. The molecule has 0 saturated carbocycles. The van der Waals surface area contributed by atoms with Gasteiger partial charge in [-0.05, 0) is 6.92 Å². The van der Waals surface area contributed by atoms with E-state index in [9.17, 15) is 0 Å². The average molecular weight is 211 g/mol. The molecule has 0 aromatic carbocycles. The predicted molar refractivity (Wildman–Crippen MR) is 58.2 cm³/mol. The summed E-state index contributed by atoms with van der Waals surface area (Å²) in [6, 6.07) is 1.74. The molecule has 1 heterocycles. The lowest BCUT2D eigenvalue weighted by Gasteiger charge is -2.06. The van der Waals surface area contributed by atoms with E-state index in [4.69, 9.17) is 9.47 Å². The van der Waals surface area contributed by atoms with Crippen LogP contribution in [0.1, 0.15) is 13.3 Å². The van der Waals surface area contributed by atoms with Crippen LogP contribution in [0.4, 0.5) is 5.95 Å². The zero-order valence-corrected chi connectivity index (χ0v) is 9.19. The molecule has 0 fully saturated rings. The molecule has 15 heavy (non-hydrogen) atoms. The molecule has 0 spiro atoms. The summed E-state index contributed by atoms with van der Waals surface area (Å²) < 4.78 is 10.3. The van der Waals surface area contributed by atoms with Crippen molar-refractivity contribution in [1.29, 1.82) is 0 Å². The van der Waals surface area contributed by atoms with Crippen LogP contribution in [0, 0.1) is 0 Å². The summed E-state index contributed by atoms with van der Waals surface area (Å²) in [7, 11) is 1.67. The van der Waals surface area contributed by atoms with E-state index in [1.54, 1.807) is 19.4 Å². The highest BCUT2D eigenvalue weighted by molar-refractivity contribution is 5.26. The number of anilines is 1. The number of hydrogen-bond donors (Lipinski definition) is 1. The molecule has 0 atom stereocenters. The van der Waals surface area contributed by atoms with E-state index in [0.717, 1.165) is 13.0 Å². The Hall–Kier alpha value is -1.36. The quantitative estimate of drug-likeness (QED) is 0.689. The first-order valence-corrected chi connectivity index (χ1v) is 5.05. The lowest BCUT2D eigenvalue weighted by Crippen LogP contribution is -2.05. The number of ether oxygens (including phenoxy) is 2. The van der Waals surface area contributed by atoms with Crippen LogP contribution in [-0.4, -0.2) is 36.8 Å². The Morgan fingerprint density at radius 1 is 1.40 bits per heavy atom. The Morgan fingerprint density at radius 3 is 3.00 bits per heavy atom. The largest absolute Gasteiger partial charge is 0.477 e. The fraction of sp³-hybridized carbons (Fsp3) is 0.600. The van der Waals surface area contributed by atoms with Gasteiger partial charge in [-0.25, -0.2) is 4.98 Å². The van der Waals surface area contributed by atoms with Crippen molar-refractivity contribution in [3.8, 4) is 5.88 Å². The van der Waals surface area contributed by atoms with Gasteiger partial charge in [0.1, 0.15) is 0 Å². The molecule has 1 rings (SSSR count). The molecule has 0 bridgehead atoms. The Morgan fingerprint density at radius 2 is 2.27 bits per heavy atom. The molecule has 0 saturated heterocycles. The van der Waals surface area contributed by atoms with Crippen LogP contribution >= 0.6 is 0 Å². The molecule has 1 aromatic heterocycles. The molecule has 84 valence electrons.